The van der Waals surface area contributed by atoms with Crippen molar-refractivity contribution in [3.8, 4) is 0 Å². The van der Waals surface area contributed by atoms with Crippen LogP contribution in [0.2, 0.25) is 6.04 Å². The molecule has 0 aliphatic rings. The molecule has 0 spiro atoms. The van der Waals surface area contributed by atoms with Gasteiger partial charge in [0.2, 0.25) is 0 Å². The molecule has 1 aromatic rings. The molecule has 0 fully saturated rings. The Morgan fingerprint density at radius 1 is 0.952 bits per heavy atom. The summed E-state index contributed by atoms with van der Waals surface area (Å²) >= 11 is 0. The molecule has 0 radical (unpaired) electrons. The van der Waals surface area contributed by atoms with Gasteiger partial charge < -0.3 is 13.3 Å². The van der Waals surface area contributed by atoms with Crippen molar-refractivity contribution in [1.82, 2.24) is 0 Å². The Kier molecular flexibility index (Phi) is 8.45. The van der Waals surface area contributed by atoms with E-state index in [4.69, 9.17) is 13.3 Å². The van der Waals surface area contributed by atoms with Gasteiger partial charge in [-0.05, 0) is 27.2 Å². The van der Waals surface area contributed by atoms with E-state index in [0.717, 1.165) is 12.0 Å². The van der Waals surface area contributed by atoms with Crippen LogP contribution in [0.5, 0.6) is 0 Å². The highest BCUT2D eigenvalue weighted by Gasteiger charge is 2.39. The van der Waals surface area contributed by atoms with Crippen molar-refractivity contribution in [3.05, 3.63) is 35.9 Å². The summed E-state index contributed by atoms with van der Waals surface area (Å²) in [6.07, 6.45) is 1.21. The fourth-order valence-electron chi connectivity index (χ4n) is 2.24. The third-order valence-electron chi connectivity index (χ3n) is 3.08. The lowest BCUT2D eigenvalue weighted by Crippen LogP contribution is -2.46. The molecule has 1 aromatic carbocycles. The van der Waals surface area contributed by atoms with Crippen LogP contribution in [-0.4, -0.2) is 34.4 Å². The number of carbonyl (C=O) groups excluding carboxylic acids is 1. The fourth-order valence-corrected chi connectivity index (χ4v) is 4.85. The molecule has 0 N–H and O–H groups in total. The molecular weight excluding hydrogens is 284 g/mol. The highest BCUT2D eigenvalue weighted by Crippen LogP contribution is 2.20. The second-order valence-corrected chi connectivity index (χ2v) is 7.36. The van der Waals surface area contributed by atoms with Gasteiger partial charge in [0.25, 0.3) is 0 Å². The summed E-state index contributed by atoms with van der Waals surface area (Å²) in [5.41, 5.74) is 0.758. The number of benzene rings is 1. The first-order chi connectivity index (χ1) is 10.2. The van der Waals surface area contributed by atoms with Crippen LogP contribution in [0.25, 0.3) is 0 Å². The first kappa shape index (κ1) is 18.0. The lowest BCUT2D eigenvalue weighted by molar-refractivity contribution is 0.0705. The maximum atomic E-state index is 12.1. The molecule has 0 heterocycles. The van der Waals surface area contributed by atoms with Gasteiger partial charge in [-0.25, -0.2) is 0 Å². The van der Waals surface area contributed by atoms with Crippen LogP contribution in [0, 0.1) is 0 Å². The second kappa shape index (κ2) is 9.84. The average molecular weight is 310 g/mol. The highest BCUT2D eigenvalue weighted by atomic mass is 28.4. The lowest BCUT2D eigenvalue weighted by Gasteiger charge is -2.28. The molecule has 21 heavy (non-hydrogen) atoms. The van der Waals surface area contributed by atoms with Crippen molar-refractivity contribution in [2.45, 2.75) is 39.7 Å². The van der Waals surface area contributed by atoms with E-state index in [1.807, 2.05) is 51.1 Å². The Hall–Kier alpha value is -1.01. The Morgan fingerprint density at radius 3 is 1.95 bits per heavy atom. The molecule has 0 bridgehead atoms. The summed E-state index contributed by atoms with van der Waals surface area (Å²) in [5.74, 6) is 0.156. The van der Waals surface area contributed by atoms with Gasteiger partial charge in [0.05, 0.1) is 0 Å². The Morgan fingerprint density at radius 2 is 1.48 bits per heavy atom. The second-order valence-electron chi connectivity index (χ2n) is 4.62. The van der Waals surface area contributed by atoms with Crippen molar-refractivity contribution < 1.29 is 18.1 Å². The number of rotatable bonds is 11. The third-order valence-corrected chi connectivity index (χ3v) is 6.23. The molecule has 0 saturated carbocycles. The summed E-state index contributed by atoms with van der Waals surface area (Å²) in [7, 11) is -2.62. The van der Waals surface area contributed by atoms with Gasteiger partial charge in [-0.3, -0.25) is 4.79 Å². The first-order valence-electron chi connectivity index (χ1n) is 7.67. The molecule has 0 atom stereocenters. The van der Waals surface area contributed by atoms with Gasteiger partial charge in [0.1, 0.15) is 0 Å². The molecule has 0 amide bonds. The minimum Gasteiger partial charge on any atom is -0.374 e. The van der Waals surface area contributed by atoms with Crippen LogP contribution in [0.1, 0.15) is 44.0 Å². The first-order valence-corrected chi connectivity index (χ1v) is 9.60. The number of hydrogen-bond acceptors (Lipinski definition) is 4. The van der Waals surface area contributed by atoms with Crippen LogP contribution >= 0.6 is 0 Å². The van der Waals surface area contributed by atoms with E-state index in [1.165, 1.54) is 0 Å². The minimum atomic E-state index is -2.62. The van der Waals surface area contributed by atoms with Gasteiger partial charge in [0, 0.05) is 37.8 Å². The minimum absolute atomic E-state index is 0.156. The van der Waals surface area contributed by atoms with E-state index in [2.05, 4.69) is 0 Å². The van der Waals surface area contributed by atoms with E-state index < -0.39 is 8.80 Å². The monoisotopic (exact) mass is 310 g/mol. The molecule has 5 heteroatoms. The summed E-state index contributed by atoms with van der Waals surface area (Å²) < 4.78 is 17.3. The van der Waals surface area contributed by atoms with Crippen molar-refractivity contribution in [2.75, 3.05) is 19.8 Å². The Bertz CT molecular complexity index is 391. The largest absolute Gasteiger partial charge is 0.500 e. The molecule has 1 rings (SSSR count). The highest BCUT2D eigenvalue weighted by molar-refractivity contribution is 6.60. The lowest BCUT2D eigenvalue weighted by atomic mass is 10.1. The van der Waals surface area contributed by atoms with Crippen molar-refractivity contribution in [1.29, 1.82) is 0 Å². The summed E-state index contributed by atoms with van der Waals surface area (Å²) in [4.78, 5) is 12.1. The van der Waals surface area contributed by atoms with Gasteiger partial charge in [-0.15, -0.1) is 0 Å². The SMILES string of the molecule is CCO[Si](CCCC(=O)c1ccccc1)(OCC)OCC. The molecule has 0 aliphatic heterocycles. The van der Waals surface area contributed by atoms with Crippen LogP contribution in [0.4, 0.5) is 0 Å². The van der Waals surface area contributed by atoms with Crippen LogP contribution < -0.4 is 0 Å². The zero-order valence-corrected chi connectivity index (χ0v) is 14.3. The summed E-state index contributed by atoms with van der Waals surface area (Å²) in [6, 6.07) is 10.1. The average Bonchev–Trinajstić information content (AvgIpc) is 2.49. The van der Waals surface area contributed by atoms with Gasteiger partial charge in [-0.2, -0.15) is 0 Å². The standard InChI is InChI=1S/C16H26O4Si/c1-4-18-21(19-5-2,20-6-3)14-10-13-16(17)15-11-8-7-9-12-15/h7-9,11-12H,4-6,10,13-14H2,1-3H3. The van der Waals surface area contributed by atoms with Gasteiger partial charge in [0.15, 0.2) is 5.78 Å². The molecule has 4 nitrogen and oxygen atoms in total. The molecule has 0 saturated heterocycles. The smallest absolute Gasteiger partial charge is 0.374 e. The summed E-state index contributed by atoms with van der Waals surface area (Å²) in [6.45, 7) is 7.52. The maximum absolute atomic E-state index is 12.1. The molecule has 0 aliphatic carbocycles. The van der Waals surface area contributed by atoms with Crippen molar-refractivity contribution in [2.24, 2.45) is 0 Å². The molecular formula is C16H26O4Si. The molecule has 0 unspecified atom stereocenters. The van der Waals surface area contributed by atoms with Gasteiger partial charge >= 0.3 is 8.80 Å². The zero-order chi connectivity index (χ0) is 15.6. The Labute approximate surface area is 128 Å². The molecule has 118 valence electrons. The van der Waals surface area contributed by atoms with E-state index in [1.54, 1.807) is 0 Å². The van der Waals surface area contributed by atoms with E-state index in [-0.39, 0.29) is 5.78 Å². The summed E-state index contributed by atoms with van der Waals surface area (Å²) in [5, 5.41) is 0. The van der Waals surface area contributed by atoms with Gasteiger partial charge in [-0.1, -0.05) is 30.3 Å². The maximum Gasteiger partial charge on any atom is 0.500 e. The quantitative estimate of drug-likeness (QED) is 0.462. The fraction of sp³-hybridized carbons (Fsp3) is 0.562. The number of Topliss-reactive ketones (excluding diaryl/α,β-unsaturated/α-hetero) is 1. The van der Waals surface area contributed by atoms with Crippen molar-refractivity contribution >= 4 is 14.6 Å². The van der Waals surface area contributed by atoms with Crippen LogP contribution in [0.15, 0.2) is 30.3 Å². The normalized spacial score (nSPS) is 11.6. The van der Waals surface area contributed by atoms with E-state index >= 15 is 0 Å². The third kappa shape index (κ3) is 6.09. The zero-order valence-electron chi connectivity index (χ0n) is 13.3. The number of ketones is 1. The van der Waals surface area contributed by atoms with Crippen molar-refractivity contribution in [3.63, 3.8) is 0 Å². The predicted molar refractivity (Wildman–Crippen MR) is 85.4 cm³/mol. The van der Waals surface area contributed by atoms with E-state index in [0.29, 0.717) is 32.3 Å². The predicted octanol–water partition coefficient (Wildman–Crippen LogP) is 3.70. The number of carbonyl (C=O) groups is 1. The van der Waals surface area contributed by atoms with Crippen LogP contribution in [-0.2, 0) is 13.3 Å². The Balaban J connectivity index is 2.54. The number of hydrogen-bond donors (Lipinski definition) is 0. The topological polar surface area (TPSA) is 44.8 Å². The molecule has 0 aromatic heterocycles. The van der Waals surface area contributed by atoms with Crippen LogP contribution in [0.3, 0.4) is 0 Å². The van der Waals surface area contributed by atoms with E-state index in [9.17, 15) is 4.79 Å².